The zero-order chi connectivity index (χ0) is 28.5. The molecule has 2 aliphatic rings. The summed E-state index contributed by atoms with van der Waals surface area (Å²) in [5, 5.41) is 0. The number of fused-ring (bicyclic) bond motifs is 3. The molecule has 42 heavy (non-hydrogen) atoms. The van der Waals surface area contributed by atoms with Gasteiger partial charge in [0.2, 0.25) is 0 Å². The number of benzene rings is 3. The maximum absolute atomic E-state index is 7.04. The molecule has 2 nitrogen and oxygen atoms in total. The molecule has 7 rings (SSSR count). The molecule has 1 atom stereocenters. The van der Waals surface area contributed by atoms with E-state index in [-0.39, 0.29) is 5.92 Å². The van der Waals surface area contributed by atoms with E-state index in [2.05, 4.69) is 97.1 Å². The number of pyridine rings is 2. The number of aromatic nitrogens is 2. The first-order valence-corrected chi connectivity index (χ1v) is 21.5. The van der Waals surface area contributed by atoms with Gasteiger partial charge in [0, 0.05) is 0 Å². The maximum atomic E-state index is 7.04. The third kappa shape index (κ3) is 5.05. The van der Waals surface area contributed by atoms with Crippen LogP contribution in [0.1, 0.15) is 33.6 Å². The first-order valence-electron chi connectivity index (χ1n) is 14.0. The Labute approximate surface area is 261 Å². The van der Waals surface area contributed by atoms with Crippen LogP contribution >= 0.6 is 17.0 Å². The first-order chi connectivity index (χ1) is 20.7. The number of nitrogens with zero attached hydrogens (tertiary/aromatic N) is 2. The standard InChI is InChI=1S/C37H26N2.2ClH.Zr/c1-2-12-26(13-3-1)24-28-15-10-19-32(31-18-11-17-30-29-16-5-4-14-27(29)25-33(30)31)36(28)37(34-20-6-8-22-38-34)35-21-7-9-23-39-35;;;/h1-23,28H,25H2;2*1H;/q;;;+2/p-2. The second kappa shape index (κ2) is 12.0. The van der Waals surface area contributed by atoms with Crippen LogP contribution in [0.5, 0.6) is 0 Å². The summed E-state index contributed by atoms with van der Waals surface area (Å²) >= 11 is -3.00. The van der Waals surface area contributed by atoms with Gasteiger partial charge in [-0.3, -0.25) is 0 Å². The second-order valence-electron chi connectivity index (χ2n) is 10.4. The predicted octanol–water partition coefficient (Wildman–Crippen LogP) is 9.27. The first kappa shape index (κ1) is 27.4. The molecule has 0 saturated heterocycles. The van der Waals surface area contributed by atoms with Gasteiger partial charge in [-0.25, -0.2) is 0 Å². The van der Waals surface area contributed by atoms with Gasteiger partial charge in [0.1, 0.15) is 0 Å². The summed E-state index contributed by atoms with van der Waals surface area (Å²) in [6, 6.07) is 37.9. The van der Waals surface area contributed by atoms with Crippen LogP contribution in [-0.4, -0.2) is 13.2 Å². The van der Waals surface area contributed by atoms with Crippen molar-refractivity contribution >= 4 is 31.4 Å². The zero-order valence-electron chi connectivity index (χ0n) is 22.7. The fourth-order valence-corrected chi connectivity index (χ4v) is 11.0. The molecular weight excluding hydrogens is 635 g/mol. The van der Waals surface area contributed by atoms with Crippen LogP contribution in [0, 0.1) is 5.92 Å². The Hall–Kier alpha value is -3.49. The van der Waals surface area contributed by atoms with Crippen LogP contribution in [0.15, 0.2) is 145 Å². The van der Waals surface area contributed by atoms with Crippen molar-refractivity contribution in [1.82, 2.24) is 9.97 Å². The van der Waals surface area contributed by atoms with Crippen molar-refractivity contribution in [3.05, 3.63) is 179 Å². The molecule has 1 unspecified atom stereocenters. The molecule has 5 aromatic rings. The van der Waals surface area contributed by atoms with Crippen molar-refractivity contribution in [3.8, 4) is 11.1 Å². The Morgan fingerprint density at radius 2 is 1.31 bits per heavy atom. The summed E-state index contributed by atoms with van der Waals surface area (Å²) in [6.07, 6.45) is 11.2. The van der Waals surface area contributed by atoms with E-state index in [1.165, 1.54) is 27.8 Å². The molecular formula is C37H26Cl2N2Zr. The molecule has 0 spiro atoms. The summed E-state index contributed by atoms with van der Waals surface area (Å²) < 4.78 is 1.12. The van der Waals surface area contributed by atoms with E-state index in [1.54, 1.807) is 0 Å². The normalized spacial score (nSPS) is 15.0. The molecule has 3 aromatic carbocycles. The molecule has 0 radical (unpaired) electrons. The Balaban J connectivity index is 1.54. The van der Waals surface area contributed by atoms with E-state index in [0.29, 0.717) is 0 Å². The SMILES string of the molecule is [Cl][Zr]([Cl])=[C](c1ccccc1)C1C=CC=C(c2cccc3c2Cc2ccccc2-3)C1=C(c1ccccn1)c1ccccn1. The van der Waals surface area contributed by atoms with Gasteiger partial charge in [0.15, 0.2) is 0 Å². The molecule has 2 aromatic heterocycles. The van der Waals surface area contributed by atoms with Crippen LogP contribution in [0.4, 0.5) is 0 Å². The van der Waals surface area contributed by atoms with Gasteiger partial charge in [0.05, 0.1) is 0 Å². The van der Waals surface area contributed by atoms with E-state index >= 15 is 0 Å². The van der Waals surface area contributed by atoms with Crippen molar-refractivity contribution in [2.75, 3.05) is 0 Å². The third-order valence-electron chi connectivity index (χ3n) is 8.02. The Kier molecular flexibility index (Phi) is 7.83. The number of hydrogen-bond acceptors (Lipinski definition) is 2. The molecule has 0 amide bonds. The number of hydrogen-bond donors (Lipinski definition) is 0. The summed E-state index contributed by atoms with van der Waals surface area (Å²) in [5.74, 6) is -0.129. The Morgan fingerprint density at radius 3 is 2.00 bits per heavy atom. The van der Waals surface area contributed by atoms with Gasteiger partial charge in [-0.1, -0.05) is 0 Å². The van der Waals surface area contributed by atoms with Gasteiger partial charge in [-0.05, 0) is 0 Å². The van der Waals surface area contributed by atoms with Gasteiger partial charge in [-0.2, -0.15) is 0 Å². The molecule has 2 heterocycles. The molecule has 0 saturated carbocycles. The fourth-order valence-electron chi connectivity index (χ4n) is 6.24. The number of allylic oxidation sites excluding steroid dienone is 5. The molecule has 0 aliphatic heterocycles. The molecule has 202 valence electrons. The summed E-state index contributed by atoms with van der Waals surface area (Å²) in [4.78, 5) is 9.73. The minimum atomic E-state index is -3.00. The Bertz CT molecular complexity index is 1860. The van der Waals surface area contributed by atoms with Gasteiger partial charge in [0.25, 0.3) is 0 Å². The van der Waals surface area contributed by atoms with Crippen LogP contribution < -0.4 is 0 Å². The van der Waals surface area contributed by atoms with E-state index in [9.17, 15) is 0 Å². The minimum absolute atomic E-state index is 0.129. The molecule has 5 heteroatoms. The number of rotatable bonds is 5. The average molecular weight is 661 g/mol. The van der Waals surface area contributed by atoms with Crippen LogP contribution in [0.25, 0.3) is 22.3 Å². The van der Waals surface area contributed by atoms with Gasteiger partial charge < -0.3 is 0 Å². The molecule has 0 fully saturated rings. The summed E-state index contributed by atoms with van der Waals surface area (Å²) in [7, 11) is 14.1. The van der Waals surface area contributed by atoms with Crippen LogP contribution in [-0.2, 0) is 25.3 Å². The van der Waals surface area contributed by atoms with Crippen molar-refractivity contribution in [2.45, 2.75) is 6.42 Å². The van der Waals surface area contributed by atoms with Crippen LogP contribution in [0.2, 0.25) is 0 Å². The summed E-state index contributed by atoms with van der Waals surface area (Å²) in [6.45, 7) is 0. The fraction of sp³-hybridized carbons (Fsp3) is 0.0541. The van der Waals surface area contributed by atoms with Gasteiger partial charge in [-0.15, -0.1) is 0 Å². The topological polar surface area (TPSA) is 25.8 Å². The van der Waals surface area contributed by atoms with E-state index in [0.717, 1.165) is 43.3 Å². The summed E-state index contributed by atoms with van der Waals surface area (Å²) in [5.41, 5.74) is 12.7. The molecule has 0 bridgehead atoms. The van der Waals surface area contributed by atoms with Crippen molar-refractivity contribution in [1.29, 1.82) is 0 Å². The monoisotopic (exact) mass is 658 g/mol. The van der Waals surface area contributed by atoms with Crippen molar-refractivity contribution in [2.24, 2.45) is 5.92 Å². The zero-order valence-corrected chi connectivity index (χ0v) is 26.7. The van der Waals surface area contributed by atoms with Crippen LogP contribution in [0.3, 0.4) is 0 Å². The van der Waals surface area contributed by atoms with Crippen molar-refractivity contribution in [3.63, 3.8) is 0 Å². The van der Waals surface area contributed by atoms with E-state index < -0.39 is 18.9 Å². The number of halogens is 2. The predicted molar refractivity (Wildman–Crippen MR) is 172 cm³/mol. The average Bonchev–Trinajstić information content (AvgIpc) is 3.42. The third-order valence-corrected chi connectivity index (χ3v) is 12.9. The quantitative estimate of drug-likeness (QED) is 0.184. The Morgan fingerprint density at radius 1 is 0.667 bits per heavy atom. The van der Waals surface area contributed by atoms with E-state index in [1.807, 2.05) is 42.7 Å². The molecule has 0 N–H and O–H groups in total. The van der Waals surface area contributed by atoms with Crippen molar-refractivity contribution < 1.29 is 18.9 Å². The molecule has 2 aliphatic carbocycles. The second-order valence-corrected chi connectivity index (χ2v) is 18.6. The van der Waals surface area contributed by atoms with Gasteiger partial charge >= 0.3 is 263 Å². The van der Waals surface area contributed by atoms with E-state index in [4.69, 9.17) is 27.0 Å².